The molecule has 2 aromatic rings. The Kier molecular flexibility index (Phi) is 6.76. The summed E-state index contributed by atoms with van der Waals surface area (Å²) >= 11 is 0. The van der Waals surface area contributed by atoms with Crippen molar-refractivity contribution in [2.75, 3.05) is 7.11 Å². The number of ether oxygens (including phenoxy) is 2. The summed E-state index contributed by atoms with van der Waals surface area (Å²) in [5, 5.41) is 5.22. The minimum absolute atomic E-state index is 0.151. The van der Waals surface area contributed by atoms with Crippen LogP contribution in [0.3, 0.4) is 0 Å². The molecule has 1 aromatic heterocycles. The Balaban J connectivity index is 1.72. The summed E-state index contributed by atoms with van der Waals surface area (Å²) in [6.07, 6.45) is 0.975. The van der Waals surface area contributed by atoms with Gasteiger partial charge in [0.15, 0.2) is 0 Å². The first-order chi connectivity index (χ1) is 12.1. The van der Waals surface area contributed by atoms with Crippen molar-refractivity contribution in [1.29, 1.82) is 0 Å². The highest BCUT2D eigenvalue weighted by Gasteiger charge is 2.16. The van der Waals surface area contributed by atoms with Gasteiger partial charge in [0.05, 0.1) is 7.11 Å². The van der Waals surface area contributed by atoms with Gasteiger partial charge in [-0.3, -0.25) is 4.79 Å². The molecule has 0 radical (unpaired) electrons. The molecule has 7 nitrogen and oxygen atoms in total. The minimum atomic E-state index is -0.713. The molecule has 1 aromatic carbocycles. The van der Waals surface area contributed by atoms with Gasteiger partial charge in [0.2, 0.25) is 11.8 Å². The lowest BCUT2D eigenvalue weighted by atomic mass is 10.2. The van der Waals surface area contributed by atoms with Crippen LogP contribution in [0.15, 0.2) is 48.7 Å². The van der Waals surface area contributed by atoms with Crippen LogP contribution in [0, 0.1) is 0 Å². The van der Waals surface area contributed by atoms with E-state index in [2.05, 4.69) is 15.6 Å². The number of methoxy groups -OCH3 is 1. The smallest absolute Gasteiger partial charge is 0.408 e. The Bertz CT molecular complexity index is 689. The number of amides is 2. The molecule has 0 unspecified atom stereocenters. The molecule has 1 atom stereocenters. The number of nitrogens with zero attached hydrogens (tertiary/aromatic N) is 1. The van der Waals surface area contributed by atoms with Gasteiger partial charge in [-0.15, -0.1) is 0 Å². The first-order valence-electron chi connectivity index (χ1n) is 7.82. The summed E-state index contributed by atoms with van der Waals surface area (Å²) in [6.45, 7) is 2.05. The minimum Gasteiger partial charge on any atom is -0.481 e. The van der Waals surface area contributed by atoms with Crippen LogP contribution in [-0.2, 0) is 22.7 Å². The summed E-state index contributed by atoms with van der Waals surface area (Å²) in [4.78, 5) is 27.8. The van der Waals surface area contributed by atoms with Gasteiger partial charge < -0.3 is 20.1 Å². The second kappa shape index (κ2) is 9.27. The number of hydrogen-bond donors (Lipinski definition) is 2. The lowest BCUT2D eigenvalue weighted by Crippen LogP contribution is -2.44. The molecule has 0 saturated carbocycles. The quantitative estimate of drug-likeness (QED) is 0.803. The summed E-state index contributed by atoms with van der Waals surface area (Å²) < 4.78 is 10.1. The van der Waals surface area contributed by atoms with Crippen molar-refractivity contribution >= 4 is 12.0 Å². The van der Waals surface area contributed by atoms with E-state index in [0.29, 0.717) is 12.4 Å². The fourth-order valence-electron chi connectivity index (χ4n) is 1.99. The number of aromatic nitrogens is 1. The van der Waals surface area contributed by atoms with Crippen LogP contribution < -0.4 is 15.4 Å². The van der Waals surface area contributed by atoms with Crippen LogP contribution in [-0.4, -0.2) is 30.1 Å². The number of hydrogen-bond acceptors (Lipinski definition) is 5. The second-order valence-corrected chi connectivity index (χ2v) is 5.35. The number of rotatable bonds is 7. The summed E-state index contributed by atoms with van der Waals surface area (Å²) in [6, 6.07) is 12.1. The number of benzene rings is 1. The molecule has 2 rings (SSSR count). The first kappa shape index (κ1) is 18.3. The number of pyridine rings is 1. The Morgan fingerprint density at radius 3 is 2.52 bits per heavy atom. The van der Waals surface area contributed by atoms with E-state index < -0.39 is 12.1 Å². The Morgan fingerprint density at radius 2 is 1.88 bits per heavy atom. The van der Waals surface area contributed by atoms with E-state index in [1.54, 1.807) is 25.3 Å². The van der Waals surface area contributed by atoms with Gasteiger partial charge >= 0.3 is 6.09 Å². The highest BCUT2D eigenvalue weighted by atomic mass is 16.5. The predicted molar refractivity (Wildman–Crippen MR) is 91.9 cm³/mol. The standard InChI is InChI=1S/C18H21N3O4/c1-13(21-18(23)25-12-14-6-4-3-5-7-14)17(22)20-11-15-8-9-16(24-2)19-10-15/h3-10,13H,11-12H2,1-2H3,(H,20,22)(H,21,23)/t13-/m1/s1. The lowest BCUT2D eigenvalue weighted by molar-refractivity contribution is -0.122. The number of carbonyl (C=O) groups is 2. The molecular weight excluding hydrogens is 322 g/mol. The molecule has 0 aliphatic heterocycles. The molecule has 2 amide bonds. The van der Waals surface area contributed by atoms with Crippen LogP contribution in [0.4, 0.5) is 4.79 Å². The molecule has 0 aliphatic rings. The highest BCUT2D eigenvalue weighted by Crippen LogP contribution is 2.06. The maximum Gasteiger partial charge on any atom is 0.408 e. The molecule has 0 aliphatic carbocycles. The monoisotopic (exact) mass is 343 g/mol. The van der Waals surface area contributed by atoms with Gasteiger partial charge in [-0.25, -0.2) is 9.78 Å². The Labute approximate surface area is 146 Å². The van der Waals surface area contributed by atoms with E-state index >= 15 is 0 Å². The largest absolute Gasteiger partial charge is 0.481 e. The average Bonchev–Trinajstić information content (AvgIpc) is 2.65. The lowest BCUT2D eigenvalue weighted by Gasteiger charge is -2.14. The summed E-state index contributed by atoms with van der Waals surface area (Å²) in [5.41, 5.74) is 1.70. The van der Waals surface area contributed by atoms with Crippen molar-refractivity contribution in [3.05, 3.63) is 59.8 Å². The van der Waals surface area contributed by atoms with Crippen molar-refractivity contribution < 1.29 is 19.1 Å². The second-order valence-electron chi connectivity index (χ2n) is 5.35. The molecule has 0 spiro atoms. The van der Waals surface area contributed by atoms with E-state index in [0.717, 1.165) is 11.1 Å². The average molecular weight is 343 g/mol. The van der Waals surface area contributed by atoms with Crippen LogP contribution in [0.1, 0.15) is 18.1 Å². The van der Waals surface area contributed by atoms with Crippen molar-refractivity contribution in [2.45, 2.75) is 26.1 Å². The zero-order chi connectivity index (χ0) is 18.1. The molecule has 2 N–H and O–H groups in total. The third kappa shape index (κ3) is 6.14. The van der Waals surface area contributed by atoms with Crippen molar-refractivity contribution in [1.82, 2.24) is 15.6 Å². The van der Waals surface area contributed by atoms with Gasteiger partial charge in [-0.2, -0.15) is 0 Å². The van der Waals surface area contributed by atoms with Crippen molar-refractivity contribution in [3.8, 4) is 5.88 Å². The zero-order valence-electron chi connectivity index (χ0n) is 14.2. The third-order valence-corrected chi connectivity index (χ3v) is 3.41. The Morgan fingerprint density at radius 1 is 1.12 bits per heavy atom. The molecule has 0 saturated heterocycles. The topological polar surface area (TPSA) is 89.6 Å². The van der Waals surface area contributed by atoms with Gasteiger partial charge in [-0.1, -0.05) is 36.4 Å². The maximum atomic E-state index is 12.0. The number of carbonyl (C=O) groups excluding carboxylic acids is 2. The van der Waals surface area contributed by atoms with Crippen LogP contribution >= 0.6 is 0 Å². The normalized spacial score (nSPS) is 11.3. The van der Waals surface area contributed by atoms with E-state index in [-0.39, 0.29) is 12.5 Å². The molecular formula is C18H21N3O4. The van der Waals surface area contributed by atoms with Gasteiger partial charge in [0.25, 0.3) is 0 Å². The van der Waals surface area contributed by atoms with Gasteiger partial charge in [0, 0.05) is 18.8 Å². The Hall–Kier alpha value is -3.09. The predicted octanol–water partition coefficient (Wildman–Crippen LogP) is 2.02. The maximum absolute atomic E-state index is 12.0. The third-order valence-electron chi connectivity index (χ3n) is 3.41. The summed E-state index contributed by atoms with van der Waals surface area (Å²) in [7, 11) is 1.54. The van der Waals surface area contributed by atoms with Crippen LogP contribution in [0.2, 0.25) is 0 Å². The van der Waals surface area contributed by atoms with Gasteiger partial charge in [0.1, 0.15) is 12.6 Å². The molecule has 7 heteroatoms. The van der Waals surface area contributed by atoms with Gasteiger partial charge in [-0.05, 0) is 18.1 Å². The molecule has 132 valence electrons. The molecule has 25 heavy (non-hydrogen) atoms. The zero-order valence-corrected chi connectivity index (χ0v) is 14.2. The fraction of sp³-hybridized carbons (Fsp3) is 0.278. The van der Waals surface area contributed by atoms with Crippen molar-refractivity contribution in [2.24, 2.45) is 0 Å². The molecule has 0 bridgehead atoms. The van der Waals surface area contributed by atoms with Crippen molar-refractivity contribution in [3.63, 3.8) is 0 Å². The van der Waals surface area contributed by atoms with E-state index in [1.807, 2.05) is 30.3 Å². The fourth-order valence-corrected chi connectivity index (χ4v) is 1.99. The SMILES string of the molecule is COc1ccc(CNC(=O)[C@@H](C)NC(=O)OCc2ccccc2)cn1. The number of nitrogens with one attached hydrogen (secondary N) is 2. The molecule has 0 fully saturated rings. The van der Waals surface area contributed by atoms with E-state index in [1.165, 1.54) is 7.11 Å². The highest BCUT2D eigenvalue weighted by molar-refractivity contribution is 5.85. The van der Waals surface area contributed by atoms with Crippen LogP contribution in [0.25, 0.3) is 0 Å². The summed E-state index contributed by atoms with van der Waals surface area (Å²) in [5.74, 6) is 0.193. The van der Waals surface area contributed by atoms with E-state index in [4.69, 9.17) is 9.47 Å². The first-order valence-corrected chi connectivity index (χ1v) is 7.82. The van der Waals surface area contributed by atoms with Crippen LogP contribution in [0.5, 0.6) is 5.88 Å². The van der Waals surface area contributed by atoms with E-state index in [9.17, 15) is 9.59 Å². The number of alkyl carbamates (subject to hydrolysis) is 1. The molecule has 1 heterocycles.